The number of hydrogen-bond donors (Lipinski definition) is 1. The van der Waals surface area contributed by atoms with Crippen molar-refractivity contribution in [3.8, 4) is 5.75 Å². The third-order valence-electron chi connectivity index (χ3n) is 3.65. The molecule has 1 aromatic carbocycles. The predicted octanol–water partition coefficient (Wildman–Crippen LogP) is 0.739. The molecule has 18 heavy (non-hydrogen) atoms. The van der Waals surface area contributed by atoms with Crippen LogP contribution in [0.1, 0.15) is 17.2 Å². The van der Waals surface area contributed by atoms with Crippen molar-refractivity contribution in [1.29, 1.82) is 0 Å². The summed E-state index contributed by atoms with van der Waals surface area (Å²) in [6.07, 6.45) is 1.94. The molecule has 94 valence electrons. The van der Waals surface area contributed by atoms with E-state index in [1.165, 1.54) is 11.1 Å². The fourth-order valence-electron chi connectivity index (χ4n) is 2.75. The number of ether oxygens (including phenoxy) is 1. The zero-order valence-electron chi connectivity index (χ0n) is 10.6. The normalized spacial score (nSPS) is 21.2. The first-order valence-corrected chi connectivity index (χ1v) is 6.59. The summed E-state index contributed by atoms with van der Waals surface area (Å²) in [5, 5.41) is 2.91. The van der Waals surface area contributed by atoms with Crippen molar-refractivity contribution < 1.29 is 9.53 Å². The fourth-order valence-corrected chi connectivity index (χ4v) is 2.75. The first-order chi connectivity index (χ1) is 8.79. The smallest absolute Gasteiger partial charge is 0.318 e. The number of carbonyl (C=O) groups excluding carboxylic acids is 1. The van der Waals surface area contributed by atoms with Gasteiger partial charge in [-0.15, -0.1) is 0 Å². The molecule has 1 unspecified atom stereocenters. The second-order valence-corrected chi connectivity index (χ2v) is 4.85. The van der Waals surface area contributed by atoms with Crippen LogP contribution in [0.5, 0.6) is 5.75 Å². The molecule has 1 saturated heterocycles. The molecular formula is C13H17BN2O2. The van der Waals surface area contributed by atoms with Gasteiger partial charge in [-0.2, -0.15) is 0 Å². The molecule has 2 aliphatic rings. The van der Waals surface area contributed by atoms with Gasteiger partial charge in [0.15, 0.2) is 0 Å². The maximum absolute atomic E-state index is 11.6. The molecule has 0 bridgehead atoms. The van der Waals surface area contributed by atoms with E-state index in [-0.39, 0.29) is 12.1 Å². The van der Waals surface area contributed by atoms with E-state index in [0.29, 0.717) is 0 Å². The first kappa shape index (κ1) is 11.4. The van der Waals surface area contributed by atoms with Crippen molar-refractivity contribution in [2.75, 3.05) is 19.7 Å². The molecule has 4 nitrogen and oxygen atoms in total. The summed E-state index contributed by atoms with van der Waals surface area (Å²) in [6, 6.07) is 6.53. The molecular weight excluding hydrogens is 227 g/mol. The van der Waals surface area contributed by atoms with Crippen LogP contribution in [0.3, 0.4) is 0 Å². The van der Waals surface area contributed by atoms with Gasteiger partial charge in [-0.25, -0.2) is 4.79 Å². The molecule has 1 N–H and O–H groups in total. The zero-order valence-corrected chi connectivity index (χ0v) is 10.6. The van der Waals surface area contributed by atoms with Crippen LogP contribution in [0.4, 0.5) is 4.79 Å². The maximum atomic E-state index is 11.6. The van der Waals surface area contributed by atoms with Gasteiger partial charge in [0.2, 0.25) is 0 Å². The van der Waals surface area contributed by atoms with Gasteiger partial charge in [-0.3, -0.25) is 0 Å². The number of carbonyl (C=O) groups is 1. The highest BCUT2D eigenvalue weighted by Gasteiger charge is 2.35. The van der Waals surface area contributed by atoms with Gasteiger partial charge < -0.3 is 15.0 Å². The van der Waals surface area contributed by atoms with Crippen LogP contribution < -0.4 is 10.1 Å². The Hall–Kier alpha value is -1.65. The zero-order chi connectivity index (χ0) is 12.5. The molecule has 2 amide bonds. The Balaban J connectivity index is 1.86. The van der Waals surface area contributed by atoms with Crippen LogP contribution in [-0.2, 0) is 6.42 Å². The Labute approximate surface area is 108 Å². The lowest BCUT2D eigenvalue weighted by atomic mass is 9.93. The minimum atomic E-state index is 0.0666. The van der Waals surface area contributed by atoms with Gasteiger partial charge in [0.1, 0.15) is 13.6 Å². The quantitative estimate of drug-likeness (QED) is 0.797. The van der Waals surface area contributed by atoms with Crippen LogP contribution in [0.15, 0.2) is 18.2 Å². The third kappa shape index (κ3) is 1.83. The van der Waals surface area contributed by atoms with E-state index in [9.17, 15) is 4.79 Å². The number of fused-ring (bicyclic) bond motifs is 3. The van der Waals surface area contributed by atoms with Gasteiger partial charge in [0.05, 0.1) is 12.6 Å². The van der Waals surface area contributed by atoms with Gasteiger partial charge in [-0.05, 0) is 36.0 Å². The number of urea groups is 1. The molecule has 1 fully saturated rings. The van der Waals surface area contributed by atoms with E-state index in [0.717, 1.165) is 38.2 Å². The van der Waals surface area contributed by atoms with Crippen LogP contribution in [-0.4, -0.2) is 38.5 Å². The second kappa shape index (κ2) is 4.56. The van der Waals surface area contributed by atoms with E-state index in [1.54, 1.807) is 0 Å². The highest BCUT2D eigenvalue weighted by Crippen LogP contribution is 2.34. The number of rotatable bonds is 3. The lowest BCUT2D eigenvalue weighted by Gasteiger charge is -2.30. The van der Waals surface area contributed by atoms with Crippen molar-refractivity contribution >= 4 is 13.9 Å². The highest BCUT2D eigenvalue weighted by molar-refractivity contribution is 6.08. The van der Waals surface area contributed by atoms with Gasteiger partial charge >= 0.3 is 6.03 Å². The molecule has 1 aromatic rings. The Morgan fingerprint density at radius 2 is 2.39 bits per heavy atom. The van der Waals surface area contributed by atoms with E-state index in [4.69, 9.17) is 4.74 Å². The third-order valence-corrected chi connectivity index (χ3v) is 3.65. The van der Waals surface area contributed by atoms with Crippen molar-refractivity contribution in [2.24, 2.45) is 0 Å². The van der Waals surface area contributed by atoms with Crippen molar-refractivity contribution in [2.45, 2.75) is 18.8 Å². The molecule has 0 saturated carbocycles. The molecule has 2 heterocycles. The molecule has 0 radical (unpaired) electrons. The topological polar surface area (TPSA) is 41.6 Å². The number of benzene rings is 1. The Morgan fingerprint density at radius 1 is 1.50 bits per heavy atom. The van der Waals surface area contributed by atoms with Gasteiger partial charge in [0.25, 0.3) is 0 Å². The second-order valence-electron chi connectivity index (χ2n) is 4.85. The number of amides is 2. The highest BCUT2D eigenvalue weighted by atomic mass is 16.5. The minimum Gasteiger partial charge on any atom is -0.494 e. The number of nitrogens with one attached hydrogen (secondary N) is 1. The summed E-state index contributed by atoms with van der Waals surface area (Å²) < 4.78 is 5.66. The summed E-state index contributed by atoms with van der Waals surface area (Å²) >= 11 is 0. The molecule has 0 aromatic heterocycles. The molecule has 3 rings (SSSR count). The van der Waals surface area contributed by atoms with Crippen molar-refractivity contribution in [1.82, 2.24) is 10.2 Å². The van der Waals surface area contributed by atoms with Crippen LogP contribution in [0.25, 0.3) is 0 Å². The van der Waals surface area contributed by atoms with E-state index in [1.807, 2.05) is 11.0 Å². The lowest BCUT2D eigenvalue weighted by molar-refractivity contribution is 0.200. The van der Waals surface area contributed by atoms with Crippen molar-refractivity contribution in [3.63, 3.8) is 0 Å². The standard InChI is InChI=1S/C13H17BN2O2/c14-4-6-18-10-1-2-11-9(7-10)3-5-16-12(11)8-15-13(16)17/h1-2,7,12H,3-6,8,14H2,(H,15,17). The molecule has 1 atom stereocenters. The summed E-state index contributed by atoms with van der Waals surface area (Å²) in [5.74, 6) is 0.946. The number of hydrogen-bond acceptors (Lipinski definition) is 2. The largest absolute Gasteiger partial charge is 0.494 e. The average molecular weight is 244 g/mol. The SMILES string of the molecule is BCCOc1ccc2c(c1)CCN1C(=O)NCC21. The summed E-state index contributed by atoms with van der Waals surface area (Å²) in [7, 11) is 2.10. The molecule has 0 aliphatic carbocycles. The van der Waals surface area contributed by atoms with E-state index in [2.05, 4.69) is 25.3 Å². The Bertz CT molecular complexity index is 478. The van der Waals surface area contributed by atoms with E-state index >= 15 is 0 Å². The monoisotopic (exact) mass is 244 g/mol. The Kier molecular flexibility index (Phi) is 2.90. The van der Waals surface area contributed by atoms with Crippen LogP contribution in [0, 0.1) is 0 Å². The van der Waals surface area contributed by atoms with Gasteiger partial charge in [-0.1, -0.05) is 6.07 Å². The maximum Gasteiger partial charge on any atom is 0.318 e. The summed E-state index contributed by atoms with van der Waals surface area (Å²) in [4.78, 5) is 13.5. The summed E-state index contributed by atoms with van der Waals surface area (Å²) in [5.41, 5.74) is 2.59. The minimum absolute atomic E-state index is 0.0666. The predicted molar refractivity (Wildman–Crippen MR) is 71.8 cm³/mol. The average Bonchev–Trinajstić information content (AvgIpc) is 2.78. The molecule has 2 aliphatic heterocycles. The lowest BCUT2D eigenvalue weighted by Crippen LogP contribution is -2.35. The van der Waals surface area contributed by atoms with Crippen LogP contribution >= 0.6 is 0 Å². The summed E-state index contributed by atoms with van der Waals surface area (Å²) in [6.45, 7) is 2.29. The Morgan fingerprint density at radius 3 is 3.22 bits per heavy atom. The molecule has 5 heteroatoms. The van der Waals surface area contributed by atoms with Crippen molar-refractivity contribution in [3.05, 3.63) is 29.3 Å². The van der Waals surface area contributed by atoms with E-state index < -0.39 is 0 Å². The molecule has 0 spiro atoms. The number of nitrogens with zero attached hydrogens (tertiary/aromatic N) is 1. The first-order valence-electron chi connectivity index (χ1n) is 6.59. The van der Waals surface area contributed by atoms with Crippen LogP contribution in [0.2, 0.25) is 6.32 Å². The fraction of sp³-hybridized carbons (Fsp3) is 0.462. The van der Waals surface area contributed by atoms with Gasteiger partial charge in [0, 0.05) is 13.1 Å².